The standard InChI is InChI=1S/C29H27N3O4S/c30-14-1-2-16-35-24-11-8-21(9-12-24)26-25(31-29-32(28(26)34)15-17-37-29)13-10-22-4-3-5-23(18-33)27(22)36-19-20-6-7-20/h3-5,8-13,15,17,20,33H,1-2,6-7,16,18-19H2. The predicted molar refractivity (Wildman–Crippen MR) is 145 cm³/mol. The van der Waals surface area contributed by atoms with Crippen molar-refractivity contribution in [3.63, 3.8) is 0 Å². The molecule has 5 rings (SSSR count). The van der Waals surface area contributed by atoms with E-state index in [0.29, 0.717) is 59.7 Å². The highest BCUT2D eigenvalue weighted by Crippen LogP contribution is 2.33. The van der Waals surface area contributed by atoms with E-state index in [1.165, 1.54) is 24.2 Å². The van der Waals surface area contributed by atoms with Crippen LogP contribution in [-0.2, 0) is 6.61 Å². The first-order valence-corrected chi connectivity index (χ1v) is 13.2. The lowest BCUT2D eigenvalue weighted by atomic mass is 10.0. The van der Waals surface area contributed by atoms with Crippen LogP contribution in [0.15, 0.2) is 58.8 Å². The van der Waals surface area contributed by atoms with Gasteiger partial charge in [-0.05, 0) is 55.0 Å². The molecule has 2 aromatic heterocycles. The number of nitrogens with zero attached hydrogens (tertiary/aromatic N) is 3. The third-order valence-electron chi connectivity index (χ3n) is 6.22. The Labute approximate surface area is 218 Å². The molecule has 1 saturated carbocycles. The Morgan fingerprint density at radius 3 is 2.76 bits per heavy atom. The summed E-state index contributed by atoms with van der Waals surface area (Å²) in [6, 6.07) is 15.1. The number of nitriles is 1. The van der Waals surface area contributed by atoms with Crippen LogP contribution in [0.4, 0.5) is 0 Å². The van der Waals surface area contributed by atoms with Gasteiger partial charge in [0.15, 0.2) is 4.96 Å². The van der Waals surface area contributed by atoms with E-state index in [-0.39, 0.29) is 12.2 Å². The molecule has 0 aliphatic heterocycles. The number of para-hydroxylation sites is 1. The molecule has 0 unspecified atom stereocenters. The van der Waals surface area contributed by atoms with E-state index in [0.717, 1.165) is 16.7 Å². The van der Waals surface area contributed by atoms with Crippen molar-refractivity contribution in [2.75, 3.05) is 13.2 Å². The molecule has 4 aromatic rings. The summed E-state index contributed by atoms with van der Waals surface area (Å²) in [6.45, 7) is 0.984. The Morgan fingerprint density at radius 2 is 2.00 bits per heavy atom. The predicted octanol–water partition coefficient (Wildman–Crippen LogP) is 5.56. The van der Waals surface area contributed by atoms with Gasteiger partial charge in [0.05, 0.1) is 37.1 Å². The van der Waals surface area contributed by atoms with Crippen molar-refractivity contribution in [3.05, 3.63) is 81.2 Å². The van der Waals surface area contributed by atoms with Crippen molar-refractivity contribution >= 4 is 28.4 Å². The van der Waals surface area contributed by atoms with Crippen LogP contribution in [0.2, 0.25) is 0 Å². The van der Waals surface area contributed by atoms with E-state index in [9.17, 15) is 9.90 Å². The Bertz CT molecular complexity index is 1510. The normalized spacial score (nSPS) is 13.2. The van der Waals surface area contributed by atoms with Gasteiger partial charge in [-0.25, -0.2) is 4.98 Å². The number of ether oxygens (including phenoxy) is 2. The van der Waals surface area contributed by atoms with Gasteiger partial charge in [0, 0.05) is 29.1 Å². The van der Waals surface area contributed by atoms with Crippen LogP contribution in [0, 0.1) is 17.2 Å². The maximum absolute atomic E-state index is 13.5. The number of aromatic nitrogens is 2. The molecule has 8 heteroatoms. The van der Waals surface area contributed by atoms with Crippen molar-refractivity contribution in [1.29, 1.82) is 5.26 Å². The van der Waals surface area contributed by atoms with E-state index in [1.54, 1.807) is 10.6 Å². The topological polar surface area (TPSA) is 96.8 Å². The van der Waals surface area contributed by atoms with Crippen LogP contribution in [-0.4, -0.2) is 27.7 Å². The SMILES string of the molecule is N#CCCCOc1ccc(-c2c(C=Cc3cccc(CO)c3OCC3CC3)nc3sccn3c2=O)cc1. The lowest BCUT2D eigenvalue weighted by molar-refractivity contribution is 0.257. The van der Waals surface area contributed by atoms with Crippen LogP contribution in [0.3, 0.4) is 0 Å². The minimum atomic E-state index is -0.150. The zero-order valence-corrected chi connectivity index (χ0v) is 21.1. The average Bonchev–Trinajstić information content (AvgIpc) is 3.63. The van der Waals surface area contributed by atoms with Crippen molar-refractivity contribution in [3.8, 4) is 28.7 Å². The summed E-state index contributed by atoms with van der Waals surface area (Å²) in [7, 11) is 0. The molecule has 0 atom stereocenters. The average molecular weight is 514 g/mol. The Morgan fingerprint density at radius 1 is 1.16 bits per heavy atom. The van der Waals surface area contributed by atoms with Crippen LogP contribution in [0.5, 0.6) is 11.5 Å². The molecule has 1 aliphatic carbocycles. The number of aliphatic hydroxyl groups excluding tert-OH is 1. The van der Waals surface area contributed by atoms with E-state index in [1.807, 2.05) is 60.0 Å². The number of fused-ring (bicyclic) bond motifs is 1. The largest absolute Gasteiger partial charge is 0.494 e. The van der Waals surface area contributed by atoms with Gasteiger partial charge in [0.2, 0.25) is 0 Å². The first-order chi connectivity index (χ1) is 18.2. The molecule has 0 radical (unpaired) electrons. The second kappa shape index (κ2) is 11.4. The summed E-state index contributed by atoms with van der Waals surface area (Å²) in [6.07, 6.45) is 8.92. The van der Waals surface area contributed by atoms with Gasteiger partial charge < -0.3 is 14.6 Å². The number of aliphatic hydroxyl groups is 1. The zero-order valence-electron chi connectivity index (χ0n) is 20.3. The highest BCUT2D eigenvalue weighted by Gasteiger charge is 2.23. The van der Waals surface area contributed by atoms with Crippen molar-refractivity contribution < 1.29 is 14.6 Å². The number of benzene rings is 2. The lowest BCUT2D eigenvalue weighted by Crippen LogP contribution is -2.17. The molecule has 37 heavy (non-hydrogen) atoms. The minimum absolute atomic E-state index is 0.112. The molecule has 2 heterocycles. The molecule has 2 aromatic carbocycles. The van der Waals surface area contributed by atoms with E-state index >= 15 is 0 Å². The first-order valence-electron chi connectivity index (χ1n) is 12.3. The molecule has 1 aliphatic rings. The monoisotopic (exact) mass is 513 g/mol. The van der Waals surface area contributed by atoms with Crippen LogP contribution in [0.25, 0.3) is 28.2 Å². The second-order valence-electron chi connectivity index (χ2n) is 8.95. The minimum Gasteiger partial charge on any atom is -0.494 e. The molecule has 1 fully saturated rings. The molecule has 0 spiro atoms. The van der Waals surface area contributed by atoms with Gasteiger partial charge in [0.25, 0.3) is 5.56 Å². The molecule has 1 N–H and O–H groups in total. The number of hydrogen-bond acceptors (Lipinski definition) is 7. The van der Waals surface area contributed by atoms with Crippen molar-refractivity contribution in [2.24, 2.45) is 5.92 Å². The summed E-state index contributed by atoms with van der Waals surface area (Å²) < 4.78 is 13.4. The fourth-order valence-corrected chi connectivity index (χ4v) is 4.75. The number of hydrogen-bond donors (Lipinski definition) is 1. The van der Waals surface area contributed by atoms with Gasteiger partial charge in [-0.1, -0.05) is 30.3 Å². The molecule has 0 bridgehead atoms. The zero-order chi connectivity index (χ0) is 25.6. The van der Waals surface area contributed by atoms with Gasteiger partial charge in [0.1, 0.15) is 11.5 Å². The molecular weight excluding hydrogens is 486 g/mol. The van der Waals surface area contributed by atoms with Crippen molar-refractivity contribution in [1.82, 2.24) is 9.38 Å². The molecule has 0 amide bonds. The Hall–Kier alpha value is -3.93. The quantitative estimate of drug-likeness (QED) is 0.264. The Kier molecular flexibility index (Phi) is 7.64. The Balaban J connectivity index is 1.49. The van der Waals surface area contributed by atoms with Gasteiger partial charge in [-0.15, -0.1) is 11.3 Å². The summed E-state index contributed by atoms with van der Waals surface area (Å²) in [5.74, 6) is 1.93. The summed E-state index contributed by atoms with van der Waals surface area (Å²) >= 11 is 1.40. The third kappa shape index (κ3) is 5.74. The second-order valence-corrected chi connectivity index (χ2v) is 9.82. The van der Waals surface area contributed by atoms with Crippen LogP contribution < -0.4 is 15.0 Å². The molecule has 7 nitrogen and oxygen atoms in total. The highest BCUT2D eigenvalue weighted by atomic mass is 32.1. The maximum atomic E-state index is 13.5. The summed E-state index contributed by atoms with van der Waals surface area (Å²) in [4.78, 5) is 18.9. The molecule has 0 saturated heterocycles. The van der Waals surface area contributed by atoms with Gasteiger partial charge in [-0.2, -0.15) is 5.26 Å². The molecule has 188 valence electrons. The van der Waals surface area contributed by atoms with Crippen LogP contribution in [0.1, 0.15) is 42.5 Å². The number of rotatable bonds is 11. The summed E-state index contributed by atoms with van der Waals surface area (Å²) in [5, 5.41) is 20.4. The summed E-state index contributed by atoms with van der Waals surface area (Å²) in [5.41, 5.74) is 3.18. The number of unbranched alkanes of at least 4 members (excludes halogenated alkanes) is 1. The van der Waals surface area contributed by atoms with Gasteiger partial charge >= 0.3 is 0 Å². The first kappa shape index (κ1) is 24.8. The highest BCUT2D eigenvalue weighted by molar-refractivity contribution is 7.15. The number of thiazole rings is 1. The van der Waals surface area contributed by atoms with Gasteiger partial charge in [-0.3, -0.25) is 9.20 Å². The van der Waals surface area contributed by atoms with E-state index in [4.69, 9.17) is 19.7 Å². The van der Waals surface area contributed by atoms with E-state index < -0.39 is 0 Å². The fraction of sp³-hybridized carbons (Fsp3) is 0.276. The van der Waals surface area contributed by atoms with Crippen molar-refractivity contribution in [2.45, 2.75) is 32.3 Å². The van der Waals surface area contributed by atoms with Crippen LogP contribution >= 0.6 is 11.3 Å². The third-order valence-corrected chi connectivity index (χ3v) is 6.97. The lowest BCUT2D eigenvalue weighted by Gasteiger charge is -2.13. The molecular formula is C29H27N3O4S. The fourth-order valence-electron chi connectivity index (χ4n) is 4.04. The maximum Gasteiger partial charge on any atom is 0.266 e. The smallest absolute Gasteiger partial charge is 0.266 e. The van der Waals surface area contributed by atoms with E-state index in [2.05, 4.69) is 6.07 Å².